The van der Waals surface area contributed by atoms with Gasteiger partial charge in [0.15, 0.2) is 0 Å². The molecule has 0 aromatic heterocycles. The van der Waals surface area contributed by atoms with E-state index in [-0.39, 0.29) is 30.7 Å². The molecule has 144 valence electrons. The van der Waals surface area contributed by atoms with E-state index in [0.717, 1.165) is 25.1 Å². The molecule has 1 heterocycles. The molecule has 1 aromatic rings. The number of halogens is 2. The molecule has 2 rings (SSSR count). The Morgan fingerprint density at radius 1 is 1.16 bits per heavy atom. The minimum atomic E-state index is -0.455. The largest absolute Gasteiger partial charge is 0.329 e. The number of amides is 1. The summed E-state index contributed by atoms with van der Waals surface area (Å²) in [7, 11) is 0. The molecule has 0 saturated carbocycles. The van der Waals surface area contributed by atoms with Crippen LogP contribution in [-0.4, -0.2) is 30.4 Å². The maximum absolute atomic E-state index is 12.6. The second-order valence-electron chi connectivity index (χ2n) is 6.68. The zero-order valence-corrected chi connectivity index (χ0v) is 17.1. The second kappa shape index (κ2) is 11.7. The van der Waals surface area contributed by atoms with Crippen LogP contribution in [0.15, 0.2) is 24.3 Å². The number of carbonyl (C=O) groups is 1. The molecule has 1 fully saturated rings. The summed E-state index contributed by atoms with van der Waals surface area (Å²) in [4.78, 5) is 15.1. The predicted molar refractivity (Wildman–Crippen MR) is 111 cm³/mol. The Kier molecular flexibility index (Phi) is 11.4. The first-order chi connectivity index (χ1) is 11.1. The highest BCUT2D eigenvalue weighted by molar-refractivity contribution is 5.95. The topological polar surface area (TPSA) is 58.4 Å². The Morgan fingerprint density at radius 2 is 1.80 bits per heavy atom. The molecule has 1 amide bonds. The molecule has 6 heteroatoms. The van der Waals surface area contributed by atoms with Crippen LogP contribution in [0.25, 0.3) is 0 Å². The monoisotopic (exact) mass is 389 g/mol. The van der Waals surface area contributed by atoms with Crippen molar-refractivity contribution in [2.24, 2.45) is 11.1 Å². The van der Waals surface area contributed by atoms with Crippen molar-refractivity contribution in [2.45, 2.75) is 52.5 Å². The number of anilines is 1. The summed E-state index contributed by atoms with van der Waals surface area (Å²) in [6.07, 6.45) is 5.46. The van der Waals surface area contributed by atoms with Crippen molar-refractivity contribution < 1.29 is 4.79 Å². The number of nitrogens with one attached hydrogen (secondary N) is 1. The van der Waals surface area contributed by atoms with Crippen molar-refractivity contribution >= 4 is 36.4 Å². The number of benzene rings is 1. The van der Waals surface area contributed by atoms with Crippen LogP contribution in [0, 0.1) is 5.41 Å². The van der Waals surface area contributed by atoms with Crippen LogP contribution in [0.3, 0.4) is 0 Å². The van der Waals surface area contributed by atoms with Crippen LogP contribution < -0.4 is 11.1 Å². The van der Waals surface area contributed by atoms with Gasteiger partial charge in [0, 0.05) is 18.8 Å². The molecule has 1 aliphatic heterocycles. The Balaban J connectivity index is 0.00000288. The quantitative estimate of drug-likeness (QED) is 0.733. The fraction of sp³-hybridized carbons (Fsp3) is 0.632. The average Bonchev–Trinajstić information content (AvgIpc) is 2.58. The van der Waals surface area contributed by atoms with Gasteiger partial charge in [0.25, 0.3) is 0 Å². The zero-order valence-electron chi connectivity index (χ0n) is 15.4. The fourth-order valence-corrected chi connectivity index (χ4v) is 3.34. The summed E-state index contributed by atoms with van der Waals surface area (Å²) < 4.78 is 0. The average molecular weight is 390 g/mol. The first-order valence-corrected chi connectivity index (χ1v) is 8.96. The van der Waals surface area contributed by atoms with Gasteiger partial charge >= 0.3 is 0 Å². The number of rotatable bonds is 7. The number of nitrogens with zero attached hydrogens (tertiary/aromatic N) is 1. The Hall–Kier alpha value is -0.810. The van der Waals surface area contributed by atoms with Crippen molar-refractivity contribution in [1.29, 1.82) is 0 Å². The van der Waals surface area contributed by atoms with Gasteiger partial charge in [-0.25, -0.2) is 0 Å². The first kappa shape index (κ1) is 24.2. The third-order valence-corrected chi connectivity index (χ3v) is 5.27. The summed E-state index contributed by atoms with van der Waals surface area (Å²) in [6.45, 7) is 7.77. The molecule has 0 bridgehead atoms. The van der Waals surface area contributed by atoms with Crippen molar-refractivity contribution in [3.8, 4) is 0 Å². The van der Waals surface area contributed by atoms with Crippen LogP contribution in [-0.2, 0) is 11.3 Å². The van der Waals surface area contributed by atoms with E-state index in [1.165, 1.54) is 37.9 Å². The molecule has 0 unspecified atom stereocenters. The van der Waals surface area contributed by atoms with E-state index in [1.54, 1.807) is 0 Å². The Morgan fingerprint density at radius 3 is 2.36 bits per heavy atom. The molecule has 0 radical (unpaired) electrons. The summed E-state index contributed by atoms with van der Waals surface area (Å²) in [5.74, 6) is 0.0418. The molecule has 4 nitrogen and oxygen atoms in total. The molecule has 1 aliphatic rings. The van der Waals surface area contributed by atoms with Gasteiger partial charge in [-0.05, 0) is 56.5 Å². The molecule has 0 aliphatic carbocycles. The first-order valence-electron chi connectivity index (χ1n) is 8.96. The molecule has 1 saturated heterocycles. The lowest BCUT2D eigenvalue weighted by Crippen LogP contribution is -2.41. The molecule has 0 spiro atoms. The van der Waals surface area contributed by atoms with E-state index in [2.05, 4.69) is 22.3 Å². The van der Waals surface area contributed by atoms with E-state index in [0.29, 0.717) is 6.54 Å². The Labute approximate surface area is 164 Å². The van der Waals surface area contributed by atoms with Gasteiger partial charge in [-0.3, -0.25) is 9.69 Å². The number of hydrogen-bond donors (Lipinski definition) is 2. The molecule has 1 aromatic carbocycles. The highest BCUT2D eigenvalue weighted by atomic mass is 35.5. The van der Waals surface area contributed by atoms with E-state index in [4.69, 9.17) is 5.73 Å². The lowest BCUT2D eigenvalue weighted by molar-refractivity contribution is -0.125. The third-order valence-electron chi connectivity index (χ3n) is 5.27. The highest BCUT2D eigenvalue weighted by Crippen LogP contribution is 2.27. The summed E-state index contributed by atoms with van der Waals surface area (Å²) >= 11 is 0. The number of carbonyl (C=O) groups excluding carboxylic acids is 1. The molecule has 0 atom stereocenters. The predicted octanol–water partition coefficient (Wildman–Crippen LogP) is 4.22. The molecule has 25 heavy (non-hydrogen) atoms. The van der Waals surface area contributed by atoms with Gasteiger partial charge in [-0.1, -0.05) is 32.4 Å². The highest BCUT2D eigenvalue weighted by Gasteiger charge is 2.33. The summed E-state index contributed by atoms with van der Waals surface area (Å²) in [5, 5.41) is 3.08. The zero-order chi connectivity index (χ0) is 16.7. The number of nitrogens with two attached hydrogens (primary N) is 1. The van der Waals surface area contributed by atoms with Gasteiger partial charge < -0.3 is 11.1 Å². The van der Waals surface area contributed by atoms with Crippen LogP contribution in [0.1, 0.15) is 51.5 Å². The van der Waals surface area contributed by atoms with E-state index in [9.17, 15) is 4.79 Å². The Bertz CT molecular complexity index is 507. The van der Waals surface area contributed by atoms with E-state index < -0.39 is 5.41 Å². The van der Waals surface area contributed by atoms with Crippen LogP contribution in [0.2, 0.25) is 0 Å². The second-order valence-corrected chi connectivity index (χ2v) is 6.68. The summed E-state index contributed by atoms with van der Waals surface area (Å²) in [5.41, 5.74) is 7.55. The fourth-order valence-electron chi connectivity index (χ4n) is 3.34. The lowest BCUT2D eigenvalue weighted by atomic mass is 9.81. The number of hydrogen-bond acceptors (Lipinski definition) is 3. The normalized spacial score (nSPS) is 15.0. The number of likely N-dealkylation sites (tertiary alicyclic amines) is 1. The summed E-state index contributed by atoms with van der Waals surface area (Å²) in [6, 6.07) is 8.22. The minimum Gasteiger partial charge on any atom is -0.329 e. The van der Waals surface area contributed by atoms with Crippen LogP contribution in [0.5, 0.6) is 0 Å². The molecule has 3 N–H and O–H groups in total. The van der Waals surface area contributed by atoms with Gasteiger partial charge in [-0.2, -0.15) is 0 Å². The lowest BCUT2D eigenvalue weighted by Gasteiger charge is -2.29. The maximum Gasteiger partial charge on any atom is 0.231 e. The number of piperidine rings is 1. The van der Waals surface area contributed by atoms with Gasteiger partial charge in [0.1, 0.15) is 0 Å². The van der Waals surface area contributed by atoms with E-state index >= 15 is 0 Å². The standard InChI is InChI=1S/C19H31N3O.2ClH/c1-3-19(4-2,15-20)18(23)21-17-10-8-9-16(13-17)14-22-11-6-5-7-12-22;;/h8-10,13H,3-7,11-12,14-15,20H2,1-2H3,(H,21,23);2*1H. The van der Waals surface area contributed by atoms with Gasteiger partial charge in [0.2, 0.25) is 5.91 Å². The van der Waals surface area contributed by atoms with Crippen molar-refractivity contribution in [2.75, 3.05) is 25.0 Å². The van der Waals surface area contributed by atoms with Crippen molar-refractivity contribution in [3.63, 3.8) is 0 Å². The van der Waals surface area contributed by atoms with Crippen LogP contribution in [0.4, 0.5) is 5.69 Å². The van der Waals surface area contributed by atoms with Crippen LogP contribution >= 0.6 is 24.8 Å². The SMILES string of the molecule is CCC(CC)(CN)C(=O)Nc1cccc(CN2CCCCC2)c1.Cl.Cl. The third kappa shape index (κ3) is 6.45. The van der Waals surface area contributed by atoms with Crippen molar-refractivity contribution in [1.82, 2.24) is 4.90 Å². The van der Waals surface area contributed by atoms with Crippen molar-refractivity contribution in [3.05, 3.63) is 29.8 Å². The minimum absolute atomic E-state index is 0. The molecular formula is C19H33Cl2N3O. The van der Waals surface area contributed by atoms with Gasteiger partial charge in [0.05, 0.1) is 5.41 Å². The molecular weight excluding hydrogens is 357 g/mol. The maximum atomic E-state index is 12.6. The smallest absolute Gasteiger partial charge is 0.231 e. The van der Waals surface area contributed by atoms with E-state index in [1.807, 2.05) is 26.0 Å². The van der Waals surface area contributed by atoms with Gasteiger partial charge in [-0.15, -0.1) is 24.8 Å².